The Morgan fingerprint density at radius 1 is 1.21 bits per heavy atom. The van der Waals surface area contributed by atoms with E-state index in [2.05, 4.69) is 10.1 Å². The van der Waals surface area contributed by atoms with Crippen LogP contribution in [0.5, 0.6) is 0 Å². The number of benzene rings is 1. The molecule has 0 fully saturated rings. The molecule has 0 saturated carbocycles. The van der Waals surface area contributed by atoms with E-state index in [1.807, 2.05) is 0 Å². The van der Waals surface area contributed by atoms with E-state index in [0.29, 0.717) is 11.3 Å². The number of hydrogen-bond donors (Lipinski definition) is 2. The number of methoxy groups -OCH3 is 1. The van der Waals surface area contributed by atoms with Gasteiger partial charge in [-0.3, -0.25) is 9.59 Å². The fourth-order valence-electron chi connectivity index (χ4n) is 1.29. The number of anilines is 1. The number of hydrogen-bond acceptors (Lipinski definition) is 5. The summed E-state index contributed by atoms with van der Waals surface area (Å²) in [5, 5.41) is 2.68. The minimum absolute atomic E-state index is 0.0632. The van der Waals surface area contributed by atoms with Crippen LogP contribution in [0.1, 0.15) is 17.3 Å². The van der Waals surface area contributed by atoms with Crippen molar-refractivity contribution in [3.05, 3.63) is 41.6 Å². The van der Waals surface area contributed by atoms with Crippen molar-refractivity contribution in [1.29, 1.82) is 0 Å². The van der Waals surface area contributed by atoms with Gasteiger partial charge in [0.2, 0.25) is 0 Å². The topological polar surface area (TPSA) is 98.5 Å². The van der Waals surface area contributed by atoms with Crippen LogP contribution in [0.25, 0.3) is 0 Å². The Labute approximate surface area is 110 Å². The maximum absolute atomic E-state index is 11.2. The molecule has 0 aliphatic carbocycles. The number of nitrogens with one attached hydrogen (secondary N) is 1. The molecule has 0 heterocycles. The highest BCUT2D eigenvalue weighted by atomic mass is 16.5. The van der Waals surface area contributed by atoms with E-state index >= 15 is 0 Å². The number of nitrogens with two attached hydrogens (primary N) is 1. The van der Waals surface area contributed by atoms with Crippen LogP contribution in [0.15, 0.2) is 36.0 Å². The average molecular weight is 262 g/mol. The number of ether oxygens (including phenoxy) is 1. The summed E-state index contributed by atoms with van der Waals surface area (Å²) in [5.74, 6) is -1.55. The second-order valence-electron chi connectivity index (χ2n) is 3.70. The first-order valence-electron chi connectivity index (χ1n) is 5.41. The van der Waals surface area contributed by atoms with Crippen molar-refractivity contribution in [2.75, 3.05) is 12.4 Å². The fraction of sp³-hybridized carbons (Fsp3) is 0.154. The molecule has 0 radical (unpaired) electrons. The van der Waals surface area contributed by atoms with Crippen molar-refractivity contribution in [3.63, 3.8) is 0 Å². The molecule has 3 N–H and O–H groups in total. The summed E-state index contributed by atoms with van der Waals surface area (Å²) < 4.78 is 4.41. The fourth-order valence-corrected chi connectivity index (χ4v) is 1.29. The molecular formula is C13H14N2O4. The summed E-state index contributed by atoms with van der Waals surface area (Å²) in [6.07, 6.45) is 0.960. The third-order valence-corrected chi connectivity index (χ3v) is 2.30. The molecule has 0 saturated heterocycles. The summed E-state index contributed by atoms with van der Waals surface area (Å²) in [4.78, 5) is 33.3. The molecule has 1 rings (SSSR count). The largest absolute Gasteiger partial charge is 0.466 e. The SMILES string of the molecule is COC(=O)/C=C(\Nc1ccc(C(C)=O)cc1)C(N)=O. The molecule has 1 aromatic rings. The molecule has 0 aliphatic rings. The number of esters is 1. The molecule has 0 bridgehead atoms. The molecule has 1 amide bonds. The summed E-state index contributed by atoms with van der Waals surface area (Å²) in [7, 11) is 1.19. The predicted octanol–water partition coefficient (Wildman–Crippen LogP) is 0.843. The quantitative estimate of drug-likeness (QED) is 0.465. The Hall–Kier alpha value is -2.63. The van der Waals surface area contributed by atoms with Crippen LogP contribution in [-0.4, -0.2) is 24.8 Å². The molecule has 6 heteroatoms. The van der Waals surface area contributed by atoms with Crippen LogP contribution in [-0.2, 0) is 14.3 Å². The van der Waals surface area contributed by atoms with Gasteiger partial charge in [0.1, 0.15) is 5.70 Å². The van der Waals surface area contributed by atoms with Crippen LogP contribution < -0.4 is 11.1 Å². The Morgan fingerprint density at radius 3 is 2.21 bits per heavy atom. The number of rotatable bonds is 5. The van der Waals surface area contributed by atoms with E-state index in [9.17, 15) is 14.4 Å². The lowest BCUT2D eigenvalue weighted by Gasteiger charge is -2.08. The summed E-state index contributed by atoms with van der Waals surface area (Å²) in [6, 6.07) is 6.40. The van der Waals surface area contributed by atoms with E-state index in [0.717, 1.165) is 6.08 Å². The van der Waals surface area contributed by atoms with Crippen LogP contribution in [0, 0.1) is 0 Å². The van der Waals surface area contributed by atoms with Gasteiger partial charge in [0.25, 0.3) is 5.91 Å². The molecule has 100 valence electrons. The first kappa shape index (κ1) is 14.4. The van der Waals surface area contributed by atoms with Gasteiger partial charge in [0.05, 0.1) is 13.2 Å². The average Bonchev–Trinajstić information content (AvgIpc) is 2.38. The number of amides is 1. The number of ketones is 1. The maximum atomic E-state index is 11.2. The molecule has 0 atom stereocenters. The van der Waals surface area contributed by atoms with Gasteiger partial charge in [-0.15, -0.1) is 0 Å². The Bertz CT molecular complexity index is 532. The zero-order valence-electron chi connectivity index (χ0n) is 10.6. The van der Waals surface area contributed by atoms with Crippen LogP contribution in [0.2, 0.25) is 0 Å². The Kier molecular flexibility index (Phi) is 4.82. The van der Waals surface area contributed by atoms with Gasteiger partial charge in [-0.25, -0.2) is 4.79 Å². The molecule has 0 spiro atoms. The number of carbonyl (C=O) groups is 3. The van der Waals surface area contributed by atoms with E-state index in [1.54, 1.807) is 24.3 Å². The third-order valence-electron chi connectivity index (χ3n) is 2.30. The van der Waals surface area contributed by atoms with Crippen molar-refractivity contribution in [2.24, 2.45) is 5.73 Å². The van der Waals surface area contributed by atoms with Crippen molar-refractivity contribution in [3.8, 4) is 0 Å². The van der Waals surface area contributed by atoms with Gasteiger partial charge in [0, 0.05) is 11.3 Å². The first-order chi connectivity index (χ1) is 8.93. The van der Waals surface area contributed by atoms with Gasteiger partial charge in [-0.1, -0.05) is 0 Å². The number of primary amides is 1. The second kappa shape index (κ2) is 6.34. The molecular weight excluding hydrogens is 248 g/mol. The second-order valence-corrected chi connectivity index (χ2v) is 3.70. The number of carbonyl (C=O) groups excluding carboxylic acids is 3. The molecule has 0 aromatic heterocycles. The highest BCUT2D eigenvalue weighted by Gasteiger charge is 2.09. The lowest BCUT2D eigenvalue weighted by Crippen LogP contribution is -2.21. The van der Waals surface area contributed by atoms with Crippen molar-refractivity contribution in [2.45, 2.75) is 6.92 Å². The van der Waals surface area contributed by atoms with Gasteiger partial charge in [-0.05, 0) is 31.2 Å². The van der Waals surface area contributed by atoms with Gasteiger partial charge < -0.3 is 15.8 Å². The normalized spacial score (nSPS) is 10.7. The smallest absolute Gasteiger partial charge is 0.332 e. The molecule has 0 aliphatic heterocycles. The zero-order valence-corrected chi connectivity index (χ0v) is 10.6. The Balaban J connectivity index is 2.91. The highest BCUT2D eigenvalue weighted by Crippen LogP contribution is 2.12. The Morgan fingerprint density at radius 2 is 1.79 bits per heavy atom. The first-order valence-corrected chi connectivity index (χ1v) is 5.41. The predicted molar refractivity (Wildman–Crippen MR) is 69.4 cm³/mol. The lowest BCUT2D eigenvalue weighted by molar-refractivity contribution is -0.135. The van der Waals surface area contributed by atoms with E-state index < -0.39 is 11.9 Å². The van der Waals surface area contributed by atoms with Crippen molar-refractivity contribution >= 4 is 23.3 Å². The monoisotopic (exact) mass is 262 g/mol. The highest BCUT2D eigenvalue weighted by molar-refractivity contribution is 6.01. The van der Waals surface area contributed by atoms with E-state index in [-0.39, 0.29) is 11.5 Å². The van der Waals surface area contributed by atoms with E-state index in [4.69, 9.17) is 5.73 Å². The van der Waals surface area contributed by atoms with E-state index in [1.165, 1.54) is 14.0 Å². The van der Waals surface area contributed by atoms with Crippen molar-refractivity contribution < 1.29 is 19.1 Å². The van der Waals surface area contributed by atoms with Crippen LogP contribution in [0.3, 0.4) is 0 Å². The summed E-state index contributed by atoms with van der Waals surface area (Å²) in [6.45, 7) is 1.45. The zero-order chi connectivity index (χ0) is 14.4. The minimum Gasteiger partial charge on any atom is -0.466 e. The maximum Gasteiger partial charge on any atom is 0.332 e. The lowest BCUT2D eigenvalue weighted by atomic mass is 10.1. The summed E-state index contributed by atoms with van der Waals surface area (Å²) >= 11 is 0. The van der Waals surface area contributed by atoms with Crippen molar-refractivity contribution in [1.82, 2.24) is 0 Å². The van der Waals surface area contributed by atoms with Gasteiger partial charge >= 0.3 is 5.97 Å². The summed E-state index contributed by atoms with van der Waals surface area (Å²) in [5.41, 5.74) is 6.11. The molecule has 1 aromatic carbocycles. The van der Waals surface area contributed by atoms with Gasteiger partial charge in [-0.2, -0.15) is 0 Å². The number of Topliss-reactive ketones (excluding diaryl/α,β-unsaturated/α-hetero) is 1. The third kappa shape index (κ3) is 4.27. The van der Waals surface area contributed by atoms with Gasteiger partial charge in [0.15, 0.2) is 5.78 Å². The molecule has 0 unspecified atom stereocenters. The minimum atomic E-state index is -0.791. The van der Waals surface area contributed by atoms with Crippen LogP contribution >= 0.6 is 0 Å². The molecule has 19 heavy (non-hydrogen) atoms. The standard InChI is InChI=1S/C13H14N2O4/c1-8(16)9-3-5-10(6-4-9)15-11(13(14)18)7-12(17)19-2/h3-7,15H,1-2H3,(H2,14,18)/b11-7-. The molecule has 6 nitrogen and oxygen atoms in total. The van der Waals surface area contributed by atoms with Crippen LogP contribution in [0.4, 0.5) is 5.69 Å².